The molecule has 0 aliphatic heterocycles. The van der Waals surface area contributed by atoms with Crippen molar-refractivity contribution in [2.75, 3.05) is 19.3 Å². The van der Waals surface area contributed by atoms with E-state index in [0.29, 0.717) is 19.5 Å². The van der Waals surface area contributed by atoms with Gasteiger partial charge < -0.3 is 15.7 Å². The van der Waals surface area contributed by atoms with Crippen molar-refractivity contribution in [1.29, 1.82) is 0 Å². The maximum Gasteiger partial charge on any atom is 0.314 e. The molecule has 7 heteroatoms. The first kappa shape index (κ1) is 15.9. The van der Waals surface area contributed by atoms with Crippen LogP contribution < -0.4 is 10.6 Å². The van der Waals surface area contributed by atoms with E-state index in [1.807, 2.05) is 0 Å². The third kappa shape index (κ3) is 7.73. The van der Waals surface area contributed by atoms with E-state index in [2.05, 4.69) is 10.6 Å². The van der Waals surface area contributed by atoms with Crippen LogP contribution in [0.2, 0.25) is 0 Å². The smallest absolute Gasteiger partial charge is 0.314 e. The van der Waals surface area contributed by atoms with E-state index >= 15 is 0 Å². The zero-order chi connectivity index (χ0) is 13.4. The molecule has 3 unspecified atom stereocenters. The quantitative estimate of drug-likeness (QED) is 0.610. The second kappa shape index (κ2) is 8.05. The van der Waals surface area contributed by atoms with Gasteiger partial charge in [0.2, 0.25) is 0 Å². The van der Waals surface area contributed by atoms with Gasteiger partial charge in [0.1, 0.15) is 0 Å². The van der Waals surface area contributed by atoms with E-state index in [-0.39, 0.29) is 11.3 Å². The summed E-state index contributed by atoms with van der Waals surface area (Å²) in [4.78, 5) is 21.8. The molecule has 0 aromatic carbocycles. The topological polar surface area (TPSA) is 95.5 Å². The first-order chi connectivity index (χ1) is 7.84. The van der Waals surface area contributed by atoms with E-state index in [1.54, 1.807) is 20.1 Å². The molecule has 0 aromatic heterocycles. The van der Waals surface area contributed by atoms with Crippen LogP contribution in [0.5, 0.6) is 0 Å². The van der Waals surface area contributed by atoms with Gasteiger partial charge in [-0.05, 0) is 13.3 Å². The standard InChI is InChI=1S/C10H20N2O4S/c1-7(9(13)14)4-5-11-10(15)12-6-8(2)17(3)16/h7-8H,4-6H2,1-3H3,(H,13,14)(H2,11,12,15). The molecule has 3 atom stereocenters. The van der Waals surface area contributed by atoms with Crippen LogP contribution in [0.1, 0.15) is 20.3 Å². The van der Waals surface area contributed by atoms with Gasteiger partial charge in [-0.25, -0.2) is 4.79 Å². The average molecular weight is 264 g/mol. The fourth-order valence-corrected chi connectivity index (χ4v) is 1.26. The molecule has 100 valence electrons. The lowest BCUT2D eigenvalue weighted by Crippen LogP contribution is -2.40. The average Bonchev–Trinajstić information content (AvgIpc) is 2.25. The SMILES string of the molecule is CC(CCNC(=O)NCC(C)S(C)=O)C(=O)O. The number of carboxylic acid groups (broad SMARTS) is 1. The third-order valence-corrected chi connectivity index (χ3v) is 3.70. The molecule has 0 saturated heterocycles. The second-order valence-corrected chi connectivity index (χ2v) is 5.78. The first-order valence-corrected chi connectivity index (χ1v) is 7.03. The van der Waals surface area contributed by atoms with Crippen LogP contribution in [0.25, 0.3) is 0 Å². The molecular weight excluding hydrogens is 244 g/mol. The van der Waals surface area contributed by atoms with Crippen LogP contribution in [-0.4, -0.2) is 45.9 Å². The Morgan fingerprint density at radius 2 is 1.88 bits per heavy atom. The molecule has 6 nitrogen and oxygen atoms in total. The van der Waals surface area contributed by atoms with Gasteiger partial charge in [0, 0.05) is 35.4 Å². The fraction of sp³-hybridized carbons (Fsp3) is 0.800. The highest BCUT2D eigenvalue weighted by Crippen LogP contribution is 1.99. The molecule has 0 aliphatic carbocycles. The summed E-state index contributed by atoms with van der Waals surface area (Å²) in [7, 11) is -0.966. The van der Waals surface area contributed by atoms with Crippen LogP contribution >= 0.6 is 0 Å². The highest BCUT2D eigenvalue weighted by atomic mass is 32.2. The zero-order valence-electron chi connectivity index (χ0n) is 10.4. The lowest BCUT2D eigenvalue weighted by atomic mass is 10.1. The molecule has 3 N–H and O–H groups in total. The molecule has 0 heterocycles. The van der Waals surface area contributed by atoms with Crippen LogP contribution in [0.4, 0.5) is 4.79 Å². The van der Waals surface area contributed by atoms with Crippen molar-refractivity contribution in [3.8, 4) is 0 Å². The predicted octanol–water partition coefficient (Wildman–Crippen LogP) is 0.163. The van der Waals surface area contributed by atoms with Gasteiger partial charge in [0.25, 0.3) is 0 Å². The summed E-state index contributed by atoms with van der Waals surface area (Å²) in [5, 5.41) is 13.7. The van der Waals surface area contributed by atoms with Crippen molar-refractivity contribution in [2.24, 2.45) is 5.92 Å². The normalized spacial score (nSPS) is 15.7. The first-order valence-electron chi connectivity index (χ1n) is 5.41. The highest BCUT2D eigenvalue weighted by Gasteiger charge is 2.11. The van der Waals surface area contributed by atoms with Gasteiger partial charge in [-0.2, -0.15) is 0 Å². The van der Waals surface area contributed by atoms with Gasteiger partial charge in [-0.3, -0.25) is 9.00 Å². The molecule has 17 heavy (non-hydrogen) atoms. The van der Waals surface area contributed by atoms with Crippen LogP contribution in [0.15, 0.2) is 0 Å². The Labute approximate surface area is 104 Å². The van der Waals surface area contributed by atoms with E-state index in [1.165, 1.54) is 0 Å². The van der Waals surface area contributed by atoms with Crippen LogP contribution in [-0.2, 0) is 15.6 Å². The molecule has 0 fully saturated rings. The van der Waals surface area contributed by atoms with Gasteiger partial charge in [-0.15, -0.1) is 0 Å². The number of hydrogen-bond donors (Lipinski definition) is 3. The van der Waals surface area contributed by atoms with Crippen molar-refractivity contribution in [3.05, 3.63) is 0 Å². The largest absolute Gasteiger partial charge is 0.481 e. The van der Waals surface area contributed by atoms with Gasteiger partial charge >= 0.3 is 12.0 Å². The number of carboxylic acids is 1. The molecule has 0 saturated carbocycles. The molecule has 0 aliphatic rings. The summed E-state index contributed by atoms with van der Waals surface area (Å²) in [5.41, 5.74) is 0. The molecular formula is C10H20N2O4S. The van der Waals surface area contributed by atoms with Crippen molar-refractivity contribution >= 4 is 22.8 Å². The number of aliphatic carboxylic acids is 1. The minimum Gasteiger partial charge on any atom is -0.481 e. The van der Waals surface area contributed by atoms with Crippen molar-refractivity contribution < 1.29 is 18.9 Å². The van der Waals surface area contributed by atoms with Gasteiger partial charge in [-0.1, -0.05) is 6.92 Å². The Balaban J connectivity index is 3.67. The van der Waals surface area contributed by atoms with Crippen molar-refractivity contribution in [1.82, 2.24) is 10.6 Å². The fourth-order valence-electron chi connectivity index (χ4n) is 0.942. The summed E-state index contributed by atoms with van der Waals surface area (Å²) in [6.07, 6.45) is 1.97. The maximum absolute atomic E-state index is 11.3. The Hall–Kier alpha value is -1.11. The summed E-state index contributed by atoms with van der Waals surface area (Å²) in [6.45, 7) is 4.01. The van der Waals surface area contributed by atoms with Gasteiger partial charge in [0.15, 0.2) is 0 Å². The number of carbonyl (C=O) groups excluding carboxylic acids is 1. The van der Waals surface area contributed by atoms with Crippen molar-refractivity contribution in [3.63, 3.8) is 0 Å². The third-order valence-electron chi connectivity index (χ3n) is 2.40. The van der Waals surface area contributed by atoms with Gasteiger partial charge in [0.05, 0.1) is 5.92 Å². The zero-order valence-corrected chi connectivity index (χ0v) is 11.2. The molecule has 0 radical (unpaired) electrons. The Morgan fingerprint density at radius 3 is 2.35 bits per heavy atom. The maximum atomic E-state index is 11.3. The van der Waals surface area contributed by atoms with E-state index in [9.17, 15) is 13.8 Å². The Bertz CT molecular complexity index is 296. The van der Waals surface area contributed by atoms with Crippen molar-refractivity contribution in [2.45, 2.75) is 25.5 Å². The number of hydrogen-bond acceptors (Lipinski definition) is 3. The predicted molar refractivity (Wildman–Crippen MR) is 66.3 cm³/mol. The Kier molecular flexibility index (Phi) is 7.53. The second-order valence-electron chi connectivity index (χ2n) is 3.97. The Morgan fingerprint density at radius 1 is 1.29 bits per heavy atom. The molecule has 0 rings (SSSR count). The number of urea groups is 1. The van der Waals surface area contributed by atoms with E-state index < -0.39 is 22.7 Å². The van der Waals surface area contributed by atoms with Crippen LogP contribution in [0, 0.1) is 5.92 Å². The number of rotatable bonds is 7. The molecule has 0 bridgehead atoms. The number of amides is 2. The van der Waals surface area contributed by atoms with E-state index in [4.69, 9.17) is 5.11 Å². The molecule has 0 aromatic rings. The lowest BCUT2D eigenvalue weighted by Gasteiger charge is -2.11. The summed E-state index contributed by atoms with van der Waals surface area (Å²) >= 11 is 0. The minimum absolute atomic E-state index is 0.0984. The summed E-state index contributed by atoms with van der Waals surface area (Å²) in [6, 6.07) is -0.361. The minimum atomic E-state index is -0.966. The number of nitrogens with one attached hydrogen (secondary N) is 2. The van der Waals surface area contributed by atoms with Crippen LogP contribution in [0.3, 0.4) is 0 Å². The highest BCUT2D eigenvalue weighted by molar-refractivity contribution is 7.84. The van der Waals surface area contributed by atoms with E-state index in [0.717, 1.165) is 0 Å². The summed E-state index contributed by atoms with van der Waals surface area (Å²) in [5.74, 6) is -1.35. The monoisotopic (exact) mass is 264 g/mol. The summed E-state index contributed by atoms with van der Waals surface area (Å²) < 4.78 is 11.0. The molecule has 2 amide bonds. The number of carbonyl (C=O) groups is 2. The lowest BCUT2D eigenvalue weighted by molar-refractivity contribution is -0.141. The molecule has 0 spiro atoms.